The van der Waals surface area contributed by atoms with E-state index < -0.39 is 0 Å². The van der Waals surface area contributed by atoms with Crippen molar-refractivity contribution in [3.8, 4) is 11.5 Å². The Morgan fingerprint density at radius 3 is 3.08 bits per heavy atom. The van der Waals surface area contributed by atoms with Crippen LogP contribution in [0.1, 0.15) is 6.42 Å². The Kier molecular flexibility index (Phi) is 3.41. The SMILES string of the molecule is NCCCOc1cc[c]c(O)c1. The Hall–Kier alpha value is -1.22. The van der Waals surface area contributed by atoms with Crippen molar-refractivity contribution < 1.29 is 9.84 Å². The zero-order chi connectivity index (χ0) is 8.81. The first-order chi connectivity index (χ1) is 5.83. The largest absolute Gasteiger partial charge is 0.507 e. The van der Waals surface area contributed by atoms with Crippen LogP contribution in [0.15, 0.2) is 18.2 Å². The molecule has 0 aliphatic carbocycles. The van der Waals surface area contributed by atoms with E-state index >= 15 is 0 Å². The molecular formula is C9H12NO2. The molecule has 65 valence electrons. The molecule has 1 radical (unpaired) electrons. The summed E-state index contributed by atoms with van der Waals surface area (Å²) in [4.78, 5) is 0. The molecule has 0 saturated heterocycles. The Bertz CT molecular complexity index is 238. The monoisotopic (exact) mass is 166 g/mol. The molecule has 0 bridgehead atoms. The zero-order valence-electron chi connectivity index (χ0n) is 6.79. The molecule has 0 amide bonds. The van der Waals surface area contributed by atoms with E-state index in [1.54, 1.807) is 12.1 Å². The summed E-state index contributed by atoms with van der Waals surface area (Å²) >= 11 is 0. The Balaban J connectivity index is 2.41. The van der Waals surface area contributed by atoms with E-state index in [1.165, 1.54) is 6.07 Å². The van der Waals surface area contributed by atoms with E-state index in [-0.39, 0.29) is 5.75 Å². The van der Waals surface area contributed by atoms with Crippen molar-refractivity contribution in [2.24, 2.45) is 5.73 Å². The lowest BCUT2D eigenvalue weighted by Crippen LogP contribution is -2.05. The summed E-state index contributed by atoms with van der Waals surface area (Å²) in [7, 11) is 0. The van der Waals surface area contributed by atoms with Gasteiger partial charge in [-0.1, -0.05) is 0 Å². The van der Waals surface area contributed by atoms with Crippen LogP contribution < -0.4 is 10.5 Å². The molecule has 0 saturated carbocycles. The van der Waals surface area contributed by atoms with Crippen molar-refractivity contribution >= 4 is 0 Å². The third kappa shape index (κ3) is 2.80. The fourth-order valence-electron chi connectivity index (χ4n) is 0.797. The molecule has 3 N–H and O–H groups in total. The lowest BCUT2D eigenvalue weighted by Gasteiger charge is -2.04. The van der Waals surface area contributed by atoms with Crippen molar-refractivity contribution in [2.75, 3.05) is 13.2 Å². The summed E-state index contributed by atoms with van der Waals surface area (Å²) in [6.07, 6.45) is 0.819. The highest BCUT2D eigenvalue weighted by molar-refractivity contribution is 5.30. The molecule has 0 fully saturated rings. The maximum absolute atomic E-state index is 9.01. The summed E-state index contributed by atoms with van der Waals surface area (Å²) < 4.78 is 5.27. The van der Waals surface area contributed by atoms with Crippen LogP contribution in [0.4, 0.5) is 0 Å². The van der Waals surface area contributed by atoms with Gasteiger partial charge in [-0.25, -0.2) is 0 Å². The normalized spacial score (nSPS) is 9.75. The topological polar surface area (TPSA) is 55.5 Å². The summed E-state index contributed by atoms with van der Waals surface area (Å²) in [5.74, 6) is 0.750. The fraction of sp³-hybridized carbons (Fsp3) is 0.333. The molecule has 12 heavy (non-hydrogen) atoms. The number of nitrogens with two attached hydrogens (primary N) is 1. The molecule has 0 aromatic heterocycles. The van der Waals surface area contributed by atoms with Crippen molar-refractivity contribution in [2.45, 2.75) is 6.42 Å². The summed E-state index contributed by atoms with van der Waals surface area (Å²) in [6.45, 7) is 1.20. The van der Waals surface area contributed by atoms with E-state index in [0.29, 0.717) is 18.9 Å². The highest BCUT2D eigenvalue weighted by Crippen LogP contribution is 2.16. The van der Waals surface area contributed by atoms with E-state index in [2.05, 4.69) is 6.07 Å². The lowest BCUT2D eigenvalue weighted by molar-refractivity contribution is 0.311. The van der Waals surface area contributed by atoms with E-state index in [4.69, 9.17) is 15.6 Å². The average Bonchev–Trinajstić information content (AvgIpc) is 2.05. The van der Waals surface area contributed by atoms with Gasteiger partial charge in [0.15, 0.2) is 0 Å². The highest BCUT2D eigenvalue weighted by Gasteiger charge is 1.93. The molecule has 0 spiro atoms. The van der Waals surface area contributed by atoms with Gasteiger partial charge in [0, 0.05) is 12.1 Å². The van der Waals surface area contributed by atoms with Crippen molar-refractivity contribution in [1.29, 1.82) is 0 Å². The van der Waals surface area contributed by atoms with Gasteiger partial charge in [-0.3, -0.25) is 0 Å². The van der Waals surface area contributed by atoms with Crippen LogP contribution in [-0.4, -0.2) is 18.3 Å². The number of ether oxygens (including phenoxy) is 1. The van der Waals surface area contributed by atoms with Crippen LogP contribution in [0, 0.1) is 6.07 Å². The summed E-state index contributed by atoms with van der Waals surface area (Å²) in [5.41, 5.74) is 5.29. The number of rotatable bonds is 4. The van der Waals surface area contributed by atoms with Gasteiger partial charge in [0.05, 0.1) is 6.61 Å². The van der Waals surface area contributed by atoms with Crippen molar-refractivity contribution in [3.63, 3.8) is 0 Å². The third-order valence-electron chi connectivity index (χ3n) is 1.37. The predicted octanol–water partition coefficient (Wildman–Crippen LogP) is 0.920. The molecule has 0 unspecified atom stereocenters. The van der Waals surface area contributed by atoms with Gasteiger partial charge in [-0.15, -0.1) is 0 Å². The first-order valence-corrected chi connectivity index (χ1v) is 3.86. The minimum Gasteiger partial charge on any atom is -0.507 e. The molecule has 0 aliphatic heterocycles. The molecule has 3 heteroatoms. The van der Waals surface area contributed by atoms with E-state index in [9.17, 15) is 0 Å². The van der Waals surface area contributed by atoms with Crippen LogP contribution in [0.25, 0.3) is 0 Å². The van der Waals surface area contributed by atoms with Gasteiger partial charge in [0.2, 0.25) is 0 Å². The Labute approximate surface area is 71.8 Å². The van der Waals surface area contributed by atoms with E-state index in [0.717, 1.165) is 6.42 Å². The first-order valence-electron chi connectivity index (χ1n) is 3.86. The molecule has 0 heterocycles. The number of phenolic OH excluding ortho intramolecular Hbond substituents is 1. The van der Waals surface area contributed by atoms with Crippen molar-refractivity contribution in [3.05, 3.63) is 24.3 Å². The van der Waals surface area contributed by atoms with Gasteiger partial charge < -0.3 is 15.6 Å². The maximum atomic E-state index is 9.01. The highest BCUT2D eigenvalue weighted by atomic mass is 16.5. The minimum atomic E-state index is 0.0975. The number of benzene rings is 1. The van der Waals surface area contributed by atoms with Crippen LogP contribution in [0.2, 0.25) is 0 Å². The number of hydrogen-bond donors (Lipinski definition) is 2. The zero-order valence-corrected chi connectivity index (χ0v) is 6.79. The lowest BCUT2D eigenvalue weighted by atomic mass is 10.3. The Morgan fingerprint density at radius 2 is 2.42 bits per heavy atom. The second-order valence-corrected chi connectivity index (χ2v) is 2.40. The van der Waals surface area contributed by atoms with Gasteiger partial charge in [-0.05, 0) is 25.1 Å². The Morgan fingerprint density at radius 1 is 1.58 bits per heavy atom. The standard InChI is InChI=1S/C9H12NO2/c10-5-2-6-12-9-4-1-3-8(11)7-9/h1,4,7,11H,2,5-6,10H2. The molecule has 1 aromatic carbocycles. The second kappa shape index (κ2) is 4.62. The molecule has 1 rings (SSSR count). The number of aromatic hydroxyl groups is 1. The quantitative estimate of drug-likeness (QED) is 0.654. The van der Waals surface area contributed by atoms with Crippen LogP contribution >= 0.6 is 0 Å². The molecule has 0 aliphatic rings. The molecule has 3 nitrogen and oxygen atoms in total. The van der Waals surface area contributed by atoms with Crippen LogP contribution in [0.5, 0.6) is 11.5 Å². The number of hydrogen-bond acceptors (Lipinski definition) is 3. The minimum absolute atomic E-state index is 0.0975. The molecular weight excluding hydrogens is 154 g/mol. The summed E-state index contributed by atoms with van der Waals surface area (Å²) in [5, 5.41) is 9.01. The maximum Gasteiger partial charge on any atom is 0.127 e. The fourth-order valence-corrected chi connectivity index (χ4v) is 0.797. The van der Waals surface area contributed by atoms with Gasteiger partial charge in [0.25, 0.3) is 0 Å². The smallest absolute Gasteiger partial charge is 0.127 e. The first kappa shape index (κ1) is 8.87. The van der Waals surface area contributed by atoms with Crippen LogP contribution in [0.3, 0.4) is 0 Å². The predicted molar refractivity (Wildman–Crippen MR) is 46.1 cm³/mol. The second-order valence-electron chi connectivity index (χ2n) is 2.40. The number of phenols is 1. The summed E-state index contributed by atoms with van der Waals surface area (Å²) in [6, 6.07) is 7.50. The van der Waals surface area contributed by atoms with Crippen molar-refractivity contribution in [1.82, 2.24) is 0 Å². The molecule has 1 aromatic rings. The van der Waals surface area contributed by atoms with Gasteiger partial charge >= 0.3 is 0 Å². The third-order valence-corrected chi connectivity index (χ3v) is 1.37. The van der Waals surface area contributed by atoms with Gasteiger partial charge in [-0.2, -0.15) is 0 Å². The average molecular weight is 166 g/mol. The van der Waals surface area contributed by atoms with E-state index in [1.807, 2.05) is 0 Å². The molecule has 0 atom stereocenters. The van der Waals surface area contributed by atoms with Gasteiger partial charge in [0.1, 0.15) is 11.5 Å². The van der Waals surface area contributed by atoms with Crippen LogP contribution in [-0.2, 0) is 0 Å².